The average Bonchev–Trinajstić information content (AvgIpc) is 3.03. The lowest BCUT2D eigenvalue weighted by molar-refractivity contribution is -0.140. The van der Waals surface area contributed by atoms with E-state index in [0.717, 1.165) is 33.4 Å². The summed E-state index contributed by atoms with van der Waals surface area (Å²) in [5.41, 5.74) is 5.76. The summed E-state index contributed by atoms with van der Waals surface area (Å²) in [6, 6.07) is 28.5. The van der Waals surface area contributed by atoms with Gasteiger partial charge in [0.25, 0.3) is 10.0 Å². The van der Waals surface area contributed by atoms with Crippen molar-refractivity contribution in [3.63, 3.8) is 0 Å². The van der Waals surface area contributed by atoms with Crippen LogP contribution in [0.25, 0.3) is 0 Å². The molecule has 46 heavy (non-hydrogen) atoms. The first-order chi connectivity index (χ1) is 21.9. The van der Waals surface area contributed by atoms with Crippen molar-refractivity contribution in [2.45, 2.75) is 65.4 Å². The van der Waals surface area contributed by atoms with Crippen LogP contribution >= 0.6 is 0 Å². The van der Waals surface area contributed by atoms with Gasteiger partial charge < -0.3 is 10.2 Å². The van der Waals surface area contributed by atoms with Gasteiger partial charge >= 0.3 is 0 Å². The second-order valence-corrected chi connectivity index (χ2v) is 14.2. The largest absolute Gasteiger partial charge is 0.354 e. The Morgan fingerprint density at radius 3 is 2.04 bits per heavy atom. The third-order valence-corrected chi connectivity index (χ3v) is 10.1. The fraction of sp³-hybridized carbons (Fsp3) is 0.316. The Bertz CT molecular complexity index is 1750. The van der Waals surface area contributed by atoms with Gasteiger partial charge in [0.1, 0.15) is 12.6 Å². The molecule has 4 aromatic rings. The second-order valence-electron chi connectivity index (χ2n) is 12.3. The van der Waals surface area contributed by atoms with Crippen LogP contribution in [0.1, 0.15) is 47.2 Å². The average molecular weight is 640 g/mol. The zero-order chi connectivity index (χ0) is 33.4. The quantitative estimate of drug-likeness (QED) is 0.180. The third-order valence-electron chi connectivity index (χ3n) is 8.29. The minimum absolute atomic E-state index is 0.0905. The minimum Gasteiger partial charge on any atom is -0.354 e. The molecule has 0 bridgehead atoms. The number of benzene rings is 4. The summed E-state index contributed by atoms with van der Waals surface area (Å²) in [5, 5.41) is 3.04. The van der Waals surface area contributed by atoms with Gasteiger partial charge in [-0.05, 0) is 79.6 Å². The van der Waals surface area contributed by atoms with Gasteiger partial charge in [-0.1, -0.05) is 98.3 Å². The molecule has 0 saturated heterocycles. The van der Waals surface area contributed by atoms with Gasteiger partial charge in [-0.3, -0.25) is 13.9 Å². The molecular formula is C38H45N3O4S. The van der Waals surface area contributed by atoms with Crippen LogP contribution in [0.5, 0.6) is 0 Å². The highest BCUT2D eigenvalue weighted by Crippen LogP contribution is 2.29. The van der Waals surface area contributed by atoms with Gasteiger partial charge in [0.15, 0.2) is 0 Å². The number of sulfonamides is 1. The lowest BCUT2D eigenvalue weighted by Crippen LogP contribution is -2.54. The van der Waals surface area contributed by atoms with Crippen molar-refractivity contribution < 1.29 is 18.0 Å². The van der Waals surface area contributed by atoms with Crippen LogP contribution < -0.4 is 9.62 Å². The molecule has 0 radical (unpaired) electrons. The van der Waals surface area contributed by atoms with Gasteiger partial charge in [-0.25, -0.2) is 8.42 Å². The number of aryl methyl sites for hydroxylation is 3. The van der Waals surface area contributed by atoms with Crippen molar-refractivity contribution in [2.75, 3.05) is 17.4 Å². The molecule has 0 unspecified atom stereocenters. The number of hydrogen-bond acceptors (Lipinski definition) is 4. The summed E-state index contributed by atoms with van der Waals surface area (Å²) in [5.74, 6) is -0.541. The van der Waals surface area contributed by atoms with Crippen molar-refractivity contribution in [3.05, 3.63) is 130 Å². The van der Waals surface area contributed by atoms with Crippen LogP contribution in [0.2, 0.25) is 0 Å². The van der Waals surface area contributed by atoms with Crippen LogP contribution in [0.3, 0.4) is 0 Å². The summed E-state index contributed by atoms with van der Waals surface area (Å²) in [7, 11) is -4.16. The fourth-order valence-corrected chi connectivity index (χ4v) is 6.78. The Kier molecular flexibility index (Phi) is 11.4. The van der Waals surface area contributed by atoms with E-state index in [9.17, 15) is 18.0 Å². The highest BCUT2D eigenvalue weighted by molar-refractivity contribution is 7.92. The van der Waals surface area contributed by atoms with Crippen molar-refractivity contribution in [3.8, 4) is 0 Å². The lowest BCUT2D eigenvalue weighted by Gasteiger charge is -2.34. The van der Waals surface area contributed by atoms with Crippen LogP contribution in [-0.2, 0) is 32.6 Å². The van der Waals surface area contributed by atoms with Crippen LogP contribution in [0.15, 0.2) is 102 Å². The molecule has 7 nitrogen and oxygen atoms in total. The molecule has 0 saturated carbocycles. The van der Waals surface area contributed by atoms with Gasteiger partial charge in [-0.15, -0.1) is 0 Å². The number of rotatable bonds is 13. The van der Waals surface area contributed by atoms with E-state index in [-0.39, 0.29) is 29.7 Å². The number of nitrogens with zero attached hydrogens (tertiary/aromatic N) is 2. The van der Waals surface area contributed by atoms with Gasteiger partial charge in [0, 0.05) is 19.5 Å². The molecule has 8 heteroatoms. The van der Waals surface area contributed by atoms with Crippen molar-refractivity contribution in [1.29, 1.82) is 0 Å². The lowest BCUT2D eigenvalue weighted by atomic mass is 10.0. The Balaban J connectivity index is 1.84. The van der Waals surface area contributed by atoms with Gasteiger partial charge in [-0.2, -0.15) is 0 Å². The molecule has 0 aliphatic rings. The molecule has 1 N–H and O–H groups in total. The fourth-order valence-electron chi connectivity index (χ4n) is 5.30. The first-order valence-corrected chi connectivity index (χ1v) is 17.1. The summed E-state index contributed by atoms with van der Waals surface area (Å²) in [6.07, 6.45) is 0.274. The molecular weight excluding hydrogens is 595 g/mol. The van der Waals surface area contributed by atoms with E-state index in [1.807, 2.05) is 102 Å². The predicted octanol–water partition coefficient (Wildman–Crippen LogP) is 6.53. The van der Waals surface area contributed by atoms with Crippen molar-refractivity contribution in [2.24, 2.45) is 5.92 Å². The smallest absolute Gasteiger partial charge is 0.264 e. The molecule has 0 fully saturated rings. The number of carbonyl (C=O) groups excluding carboxylic acids is 2. The maximum atomic E-state index is 14.7. The monoisotopic (exact) mass is 639 g/mol. The number of amides is 2. The van der Waals surface area contributed by atoms with E-state index >= 15 is 0 Å². The first-order valence-electron chi connectivity index (χ1n) is 15.7. The number of nitrogens with one attached hydrogen (secondary N) is 1. The first kappa shape index (κ1) is 34.4. The SMILES string of the molecule is Cc1ccc(S(=O)(=O)N(CC(=O)N(Cc2ccccc2C)[C@H](Cc2ccccc2)C(=O)NCC(C)C)c2cccc(C)c2C)cc1. The Hall–Kier alpha value is -4.43. The molecule has 4 rings (SSSR count). The van der Waals surface area contributed by atoms with Gasteiger partial charge in [0.05, 0.1) is 10.6 Å². The number of hydrogen-bond donors (Lipinski definition) is 1. The molecule has 1 atom stereocenters. The summed E-state index contributed by atoms with van der Waals surface area (Å²) < 4.78 is 29.8. The van der Waals surface area contributed by atoms with E-state index in [2.05, 4.69) is 5.32 Å². The standard InChI is InChI=1S/C38H45N3O4S/c1-27(2)24-39-38(43)36(23-32-15-8-7-9-16-32)40(25-33-17-11-10-13-30(33)5)37(42)26-41(35-18-12-14-29(4)31(35)6)46(44,45)34-21-19-28(3)20-22-34/h7-22,27,36H,23-26H2,1-6H3,(H,39,43)/t36-/m1/s1. The number of carbonyl (C=O) groups is 2. The molecule has 0 aliphatic carbocycles. The Morgan fingerprint density at radius 2 is 1.39 bits per heavy atom. The molecule has 0 aliphatic heterocycles. The normalized spacial score (nSPS) is 12.1. The van der Waals surface area contributed by atoms with Crippen LogP contribution in [0, 0.1) is 33.6 Å². The molecule has 0 heterocycles. The Morgan fingerprint density at radius 1 is 0.761 bits per heavy atom. The van der Waals surface area contributed by atoms with E-state index in [1.165, 1.54) is 4.31 Å². The minimum atomic E-state index is -4.16. The predicted molar refractivity (Wildman–Crippen MR) is 185 cm³/mol. The summed E-state index contributed by atoms with van der Waals surface area (Å²) >= 11 is 0. The summed E-state index contributed by atoms with van der Waals surface area (Å²) in [6.45, 7) is 11.8. The molecule has 0 aromatic heterocycles. The van der Waals surface area contributed by atoms with E-state index < -0.39 is 28.5 Å². The molecule has 242 valence electrons. The van der Waals surface area contributed by atoms with E-state index in [1.54, 1.807) is 41.3 Å². The van der Waals surface area contributed by atoms with Crippen LogP contribution in [-0.4, -0.2) is 44.3 Å². The molecule has 0 spiro atoms. The molecule has 2 amide bonds. The van der Waals surface area contributed by atoms with Gasteiger partial charge in [0.2, 0.25) is 11.8 Å². The number of anilines is 1. The highest BCUT2D eigenvalue weighted by Gasteiger charge is 2.35. The van der Waals surface area contributed by atoms with Crippen molar-refractivity contribution in [1.82, 2.24) is 10.2 Å². The topological polar surface area (TPSA) is 86.8 Å². The maximum Gasteiger partial charge on any atom is 0.264 e. The van der Waals surface area contributed by atoms with E-state index in [0.29, 0.717) is 12.2 Å². The Labute approximate surface area is 274 Å². The van der Waals surface area contributed by atoms with Crippen molar-refractivity contribution >= 4 is 27.5 Å². The molecule has 4 aromatic carbocycles. The highest BCUT2D eigenvalue weighted by atomic mass is 32.2. The zero-order valence-corrected chi connectivity index (χ0v) is 28.5. The third kappa shape index (κ3) is 8.43. The summed E-state index contributed by atoms with van der Waals surface area (Å²) in [4.78, 5) is 30.3. The van der Waals surface area contributed by atoms with E-state index in [4.69, 9.17) is 0 Å². The second kappa shape index (κ2) is 15.2. The zero-order valence-electron chi connectivity index (χ0n) is 27.7. The maximum absolute atomic E-state index is 14.7. The van der Waals surface area contributed by atoms with Crippen LogP contribution in [0.4, 0.5) is 5.69 Å².